The smallest absolute Gasteiger partial charge is 0.303 e. The van der Waals surface area contributed by atoms with E-state index in [1.807, 2.05) is 11.8 Å². The Bertz CT molecular complexity index is 231. The molecule has 1 N–H and O–H groups in total. The molecule has 14 heavy (non-hydrogen) atoms. The zero-order valence-corrected chi connectivity index (χ0v) is 9.53. The monoisotopic (exact) mass is 214 g/mol. The molecule has 1 aliphatic carbocycles. The van der Waals surface area contributed by atoms with Crippen LogP contribution in [-0.2, 0) is 4.79 Å². The number of carboxylic acid groups (broad SMARTS) is 1. The second-order valence-electron chi connectivity index (χ2n) is 4.17. The molecule has 1 aliphatic rings. The van der Waals surface area contributed by atoms with Crippen LogP contribution in [-0.4, -0.2) is 22.6 Å². The topological polar surface area (TPSA) is 37.3 Å². The molecule has 0 atom stereocenters. The fraction of sp³-hybridized carbons (Fsp3) is 0.727. The van der Waals surface area contributed by atoms with Gasteiger partial charge < -0.3 is 5.11 Å². The zero-order valence-electron chi connectivity index (χ0n) is 8.71. The summed E-state index contributed by atoms with van der Waals surface area (Å²) >= 11 is 1.83. The lowest BCUT2D eigenvalue weighted by molar-refractivity contribution is -0.138. The second-order valence-corrected chi connectivity index (χ2v) is 5.15. The summed E-state index contributed by atoms with van der Waals surface area (Å²) < 4.78 is 0. The van der Waals surface area contributed by atoms with Gasteiger partial charge in [-0.15, -0.1) is 0 Å². The van der Waals surface area contributed by atoms with Gasteiger partial charge in [0.2, 0.25) is 0 Å². The van der Waals surface area contributed by atoms with E-state index in [2.05, 4.69) is 13.5 Å². The van der Waals surface area contributed by atoms with E-state index in [0.717, 1.165) is 30.8 Å². The summed E-state index contributed by atoms with van der Waals surface area (Å²) in [6.45, 7) is 6.04. The maximum absolute atomic E-state index is 10.6. The number of aliphatic carboxylic acids is 1. The third-order valence-electron chi connectivity index (χ3n) is 2.70. The van der Waals surface area contributed by atoms with E-state index in [9.17, 15) is 4.79 Å². The van der Waals surface area contributed by atoms with Crippen molar-refractivity contribution in [1.82, 2.24) is 0 Å². The van der Waals surface area contributed by atoms with Gasteiger partial charge in [0.1, 0.15) is 0 Å². The van der Waals surface area contributed by atoms with E-state index in [0.29, 0.717) is 6.42 Å². The van der Waals surface area contributed by atoms with Gasteiger partial charge in [0.25, 0.3) is 0 Å². The van der Waals surface area contributed by atoms with Crippen molar-refractivity contribution >= 4 is 17.7 Å². The van der Waals surface area contributed by atoms with E-state index in [1.54, 1.807) is 0 Å². The van der Waals surface area contributed by atoms with Crippen molar-refractivity contribution in [1.29, 1.82) is 0 Å². The number of carboxylic acids is 1. The largest absolute Gasteiger partial charge is 0.481 e. The van der Waals surface area contributed by atoms with Gasteiger partial charge in [-0.2, -0.15) is 11.8 Å². The molecule has 80 valence electrons. The molecule has 0 aromatic rings. The van der Waals surface area contributed by atoms with Crippen LogP contribution in [0.3, 0.4) is 0 Å². The first kappa shape index (κ1) is 11.6. The van der Waals surface area contributed by atoms with Crippen LogP contribution in [0.2, 0.25) is 0 Å². The number of hydrogen-bond acceptors (Lipinski definition) is 2. The highest BCUT2D eigenvalue weighted by atomic mass is 32.2. The second kappa shape index (κ2) is 4.87. The first-order valence-electron chi connectivity index (χ1n) is 5.04. The van der Waals surface area contributed by atoms with Crippen molar-refractivity contribution in [3.8, 4) is 0 Å². The summed E-state index contributed by atoms with van der Waals surface area (Å²) in [5.74, 6) is 1.31. The van der Waals surface area contributed by atoms with Crippen LogP contribution in [0.1, 0.15) is 32.6 Å². The number of rotatable bonds is 7. The predicted octanol–water partition coefficient (Wildman–Crippen LogP) is 2.94. The molecule has 0 aliphatic heterocycles. The Kier molecular flexibility index (Phi) is 4.05. The highest BCUT2D eigenvalue weighted by Crippen LogP contribution is 2.51. The van der Waals surface area contributed by atoms with Crippen molar-refractivity contribution in [2.75, 3.05) is 11.5 Å². The van der Waals surface area contributed by atoms with Crippen LogP contribution in [0.4, 0.5) is 0 Å². The number of carbonyl (C=O) groups is 1. The third-order valence-corrected chi connectivity index (χ3v) is 4.13. The van der Waals surface area contributed by atoms with E-state index >= 15 is 0 Å². The molecule has 0 saturated heterocycles. The molecule has 0 unspecified atom stereocenters. The van der Waals surface area contributed by atoms with E-state index < -0.39 is 5.97 Å². The molecule has 0 heterocycles. The molecule has 1 saturated carbocycles. The molecule has 3 heteroatoms. The van der Waals surface area contributed by atoms with Gasteiger partial charge in [0.15, 0.2) is 0 Å². The molecule has 0 radical (unpaired) electrons. The summed E-state index contributed by atoms with van der Waals surface area (Å²) in [7, 11) is 0. The number of hydrogen-bond donors (Lipinski definition) is 1. The average molecular weight is 214 g/mol. The first-order valence-corrected chi connectivity index (χ1v) is 6.20. The molecule has 1 fully saturated rings. The average Bonchev–Trinajstić information content (AvgIpc) is 2.83. The molecule has 0 aromatic heterocycles. The fourth-order valence-corrected chi connectivity index (χ4v) is 2.80. The molecule has 0 spiro atoms. The lowest BCUT2D eigenvalue weighted by Crippen LogP contribution is -2.11. The maximum atomic E-state index is 10.6. The zero-order chi connectivity index (χ0) is 10.6. The van der Waals surface area contributed by atoms with Crippen molar-refractivity contribution in [3.63, 3.8) is 0 Å². The van der Waals surface area contributed by atoms with Crippen LogP contribution in [0.15, 0.2) is 12.2 Å². The van der Waals surface area contributed by atoms with Crippen molar-refractivity contribution in [3.05, 3.63) is 12.2 Å². The lowest BCUT2D eigenvalue weighted by Gasteiger charge is -2.11. The van der Waals surface area contributed by atoms with Crippen LogP contribution < -0.4 is 0 Å². The minimum Gasteiger partial charge on any atom is -0.481 e. The molecular formula is C11H18O2S. The predicted molar refractivity (Wildman–Crippen MR) is 60.7 cm³/mol. The molecule has 2 nitrogen and oxygen atoms in total. The van der Waals surface area contributed by atoms with Gasteiger partial charge >= 0.3 is 5.97 Å². The number of thioether (sulfide) groups is 1. The van der Waals surface area contributed by atoms with Crippen molar-refractivity contribution < 1.29 is 9.90 Å². The lowest BCUT2D eigenvalue weighted by atomic mass is 10.1. The minimum absolute atomic E-state index is 0.129. The van der Waals surface area contributed by atoms with Gasteiger partial charge in [0, 0.05) is 5.75 Å². The Labute approximate surface area is 89.8 Å². The summed E-state index contributed by atoms with van der Waals surface area (Å²) in [6.07, 6.45) is 3.55. The normalized spacial score (nSPS) is 17.8. The van der Waals surface area contributed by atoms with E-state index in [1.165, 1.54) is 5.57 Å². The fourth-order valence-electron chi connectivity index (χ4n) is 1.38. The maximum Gasteiger partial charge on any atom is 0.303 e. The van der Waals surface area contributed by atoms with Gasteiger partial charge in [-0.05, 0) is 30.4 Å². The van der Waals surface area contributed by atoms with Gasteiger partial charge in [-0.3, -0.25) is 4.79 Å². The van der Waals surface area contributed by atoms with Crippen LogP contribution in [0, 0.1) is 5.41 Å². The van der Waals surface area contributed by atoms with Crippen molar-refractivity contribution in [2.24, 2.45) is 5.41 Å². The SMILES string of the molecule is C=C(CC)CSCC1(CC(=O)O)CC1. The van der Waals surface area contributed by atoms with Crippen molar-refractivity contribution in [2.45, 2.75) is 32.6 Å². The summed E-state index contributed by atoms with van der Waals surface area (Å²) in [5, 5.41) is 8.72. The minimum atomic E-state index is -0.655. The molecule has 0 bridgehead atoms. The molecule has 0 amide bonds. The summed E-state index contributed by atoms with van der Waals surface area (Å²) in [5.41, 5.74) is 1.38. The molecule has 1 rings (SSSR count). The van der Waals surface area contributed by atoms with Gasteiger partial charge in [-0.1, -0.05) is 19.1 Å². The van der Waals surface area contributed by atoms with E-state index in [4.69, 9.17) is 5.11 Å². The quantitative estimate of drug-likeness (QED) is 0.662. The third kappa shape index (κ3) is 3.74. The summed E-state index contributed by atoms with van der Waals surface area (Å²) in [4.78, 5) is 10.6. The van der Waals surface area contributed by atoms with Crippen LogP contribution in [0.5, 0.6) is 0 Å². The van der Waals surface area contributed by atoms with Crippen LogP contribution in [0.25, 0.3) is 0 Å². The van der Waals surface area contributed by atoms with Crippen LogP contribution >= 0.6 is 11.8 Å². The first-order chi connectivity index (χ1) is 6.58. The Balaban J connectivity index is 2.17. The standard InChI is InChI=1S/C11H18O2S/c1-3-9(2)7-14-8-11(4-5-11)6-10(12)13/h2-8H2,1H3,(H,12,13). The van der Waals surface area contributed by atoms with E-state index in [-0.39, 0.29) is 5.41 Å². The highest BCUT2D eigenvalue weighted by molar-refractivity contribution is 7.99. The Morgan fingerprint density at radius 1 is 1.57 bits per heavy atom. The van der Waals surface area contributed by atoms with Gasteiger partial charge in [0.05, 0.1) is 6.42 Å². The Hall–Kier alpha value is -0.440. The Morgan fingerprint density at radius 3 is 2.64 bits per heavy atom. The molecule has 0 aromatic carbocycles. The highest BCUT2D eigenvalue weighted by Gasteiger charge is 2.43. The summed E-state index contributed by atoms with van der Waals surface area (Å²) in [6, 6.07) is 0. The van der Waals surface area contributed by atoms with Gasteiger partial charge in [-0.25, -0.2) is 0 Å². The Morgan fingerprint density at radius 2 is 2.21 bits per heavy atom. The molecular weight excluding hydrogens is 196 g/mol.